The third-order valence-electron chi connectivity index (χ3n) is 3.77. The topological polar surface area (TPSA) is 67.9 Å². The van der Waals surface area contributed by atoms with Crippen molar-refractivity contribution >= 4 is 62.1 Å². The lowest BCUT2D eigenvalue weighted by atomic mass is 10.1. The first-order chi connectivity index (χ1) is 12.0. The Balaban J connectivity index is 1.69. The second kappa shape index (κ2) is 6.34. The van der Waals surface area contributed by atoms with E-state index in [1.54, 1.807) is 24.3 Å². The van der Waals surface area contributed by atoms with Crippen LogP contribution < -0.4 is 19.9 Å². The quantitative estimate of drug-likeness (QED) is 0.381. The minimum absolute atomic E-state index is 0.0538. The number of rotatable bonds is 2. The molecule has 8 heteroatoms. The summed E-state index contributed by atoms with van der Waals surface area (Å²) in [5, 5.41) is 1.24. The van der Waals surface area contributed by atoms with Gasteiger partial charge in [-0.3, -0.25) is 15.0 Å². The van der Waals surface area contributed by atoms with Crippen LogP contribution in [0.15, 0.2) is 46.4 Å². The summed E-state index contributed by atoms with van der Waals surface area (Å²) in [6, 6.07) is 10.8. The first-order valence-corrected chi connectivity index (χ1v) is 9.12. The van der Waals surface area contributed by atoms with Crippen molar-refractivity contribution in [3.05, 3.63) is 55.6 Å². The third kappa shape index (κ3) is 2.99. The number of halogens is 2. The normalized spacial score (nSPS) is 17.4. The van der Waals surface area contributed by atoms with Crippen molar-refractivity contribution in [1.82, 2.24) is 5.43 Å². The summed E-state index contributed by atoms with van der Waals surface area (Å²) < 4.78 is 12.4. The average Bonchev–Trinajstić information content (AvgIpc) is 3.15. The fourth-order valence-corrected chi connectivity index (χ4v) is 3.32. The van der Waals surface area contributed by atoms with E-state index in [1.165, 1.54) is 11.1 Å². The van der Waals surface area contributed by atoms with Crippen molar-refractivity contribution in [2.24, 2.45) is 0 Å². The van der Waals surface area contributed by atoms with Gasteiger partial charge in [0.05, 0.1) is 5.69 Å². The molecule has 0 saturated carbocycles. The first-order valence-electron chi connectivity index (χ1n) is 7.25. The van der Waals surface area contributed by atoms with Crippen LogP contribution in [0.1, 0.15) is 5.56 Å². The van der Waals surface area contributed by atoms with Crippen LogP contribution in [0.25, 0.3) is 6.08 Å². The van der Waals surface area contributed by atoms with E-state index in [1.807, 2.05) is 12.1 Å². The zero-order valence-electron chi connectivity index (χ0n) is 12.6. The van der Waals surface area contributed by atoms with E-state index in [0.717, 1.165) is 3.57 Å². The molecule has 0 aliphatic carbocycles. The van der Waals surface area contributed by atoms with Crippen LogP contribution in [0.4, 0.5) is 5.69 Å². The molecule has 0 spiro atoms. The smallest absolute Gasteiger partial charge is 0.282 e. The Labute approximate surface area is 165 Å². The van der Waals surface area contributed by atoms with Gasteiger partial charge in [-0.25, -0.2) is 5.01 Å². The Morgan fingerprint density at radius 1 is 1.12 bits per heavy atom. The lowest BCUT2D eigenvalue weighted by Crippen LogP contribution is -2.35. The molecule has 0 aromatic heterocycles. The van der Waals surface area contributed by atoms with E-state index in [9.17, 15) is 9.59 Å². The zero-order valence-corrected chi connectivity index (χ0v) is 16.3. The highest BCUT2D eigenvalue weighted by atomic mass is 127. The largest absolute Gasteiger partial charge is 0.454 e. The highest BCUT2D eigenvalue weighted by Crippen LogP contribution is 2.38. The number of benzene rings is 2. The molecule has 0 atom stereocenters. The maximum absolute atomic E-state index is 12.7. The van der Waals surface area contributed by atoms with Gasteiger partial charge < -0.3 is 9.47 Å². The predicted molar refractivity (Wildman–Crippen MR) is 103 cm³/mol. The Morgan fingerprint density at radius 2 is 1.80 bits per heavy atom. The number of carbonyl (C=O) groups excluding carboxylic acids is 2. The van der Waals surface area contributed by atoms with E-state index in [2.05, 4.69) is 43.9 Å². The molecule has 1 N–H and O–H groups in total. The summed E-state index contributed by atoms with van der Waals surface area (Å²) in [4.78, 5) is 24.9. The minimum atomic E-state index is -0.451. The van der Waals surface area contributed by atoms with E-state index in [4.69, 9.17) is 9.47 Å². The highest BCUT2D eigenvalue weighted by Gasteiger charge is 2.34. The first kappa shape index (κ1) is 16.4. The highest BCUT2D eigenvalue weighted by molar-refractivity contribution is 14.1. The molecule has 4 rings (SSSR count). The number of hydrogen-bond donors (Lipinski definition) is 1. The van der Waals surface area contributed by atoms with Crippen LogP contribution in [-0.2, 0) is 9.59 Å². The molecule has 2 aromatic rings. The lowest BCUT2D eigenvalue weighted by molar-refractivity contribution is -0.117. The van der Waals surface area contributed by atoms with Gasteiger partial charge in [-0.05, 0) is 70.6 Å². The Hall–Kier alpha value is -2.07. The molecule has 2 aliphatic rings. The van der Waals surface area contributed by atoms with E-state index < -0.39 is 11.8 Å². The second-order valence-electron chi connectivity index (χ2n) is 5.34. The number of ether oxygens (including phenoxy) is 2. The number of nitrogens with one attached hydrogen (secondary N) is 1. The van der Waals surface area contributed by atoms with Gasteiger partial charge in [-0.2, -0.15) is 0 Å². The SMILES string of the molecule is O=C1NN(c2ccc(I)cc2)C(=O)/C1=C\c1cc2c(cc1Br)OCO2. The van der Waals surface area contributed by atoms with Gasteiger partial charge in [0.1, 0.15) is 5.57 Å². The van der Waals surface area contributed by atoms with Gasteiger partial charge in [0.25, 0.3) is 11.8 Å². The van der Waals surface area contributed by atoms with Crippen LogP contribution in [0.3, 0.4) is 0 Å². The van der Waals surface area contributed by atoms with Gasteiger partial charge in [-0.15, -0.1) is 0 Å². The molecule has 2 amide bonds. The molecular formula is C17H10BrIN2O4. The summed E-state index contributed by atoms with van der Waals surface area (Å²) in [5.41, 5.74) is 3.90. The van der Waals surface area contributed by atoms with Crippen molar-refractivity contribution in [1.29, 1.82) is 0 Å². The summed E-state index contributed by atoms with van der Waals surface area (Å²) in [6.07, 6.45) is 1.54. The van der Waals surface area contributed by atoms with Crippen molar-refractivity contribution in [3.63, 3.8) is 0 Å². The number of amides is 2. The Morgan fingerprint density at radius 3 is 2.52 bits per heavy atom. The van der Waals surface area contributed by atoms with E-state index in [-0.39, 0.29) is 12.4 Å². The molecule has 1 saturated heterocycles. The summed E-state index contributed by atoms with van der Waals surface area (Å²) in [5.74, 6) is 0.344. The molecule has 2 aromatic carbocycles. The second-order valence-corrected chi connectivity index (χ2v) is 7.44. The molecular weight excluding hydrogens is 503 g/mol. The summed E-state index contributed by atoms with van der Waals surface area (Å²) >= 11 is 5.60. The molecule has 126 valence electrons. The number of nitrogens with zero attached hydrogens (tertiary/aromatic N) is 1. The molecule has 1 fully saturated rings. The van der Waals surface area contributed by atoms with Crippen LogP contribution in [0, 0.1) is 3.57 Å². The lowest BCUT2D eigenvalue weighted by Gasteiger charge is -2.14. The van der Waals surface area contributed by atoms with Crippen LogP contribution in [0.2, 0.25) is 0 Å². The van der Waals surface area contributed by atoms with Gasteiger partial charge >= 0.3 is 0 Å². The molecule has 2 heterocycles. The molecule has 0 unspecified atom stereocenters. The van der Waals surface area contributed by atoms with Crippen molar-refractivity contribution < 1.29 is 19.1 Å². The maximum Gasteiger partial charge on any atom is 0.282 e. The zero-order chi connectivity index (χ0) is 17.6. The van der Waals surface area contributed by atoms with Crippen LogP contribution >= 0.6 is 38.5 Å². The number of hydrazine groups is 1. The third-order valence-corrected chi connectivity index (χ3v) is 5.17. The summed E-state index contributed by atoms with van der Waals surface area (Å²) in [6.45, 7) is 0.155. The predicted octanol–water partition coefficient (Wildman–Crippen LogP) is 3.24. The van der Waals surface area contributed by atoms with Gasteiger partial charge in [0, 0.05) is 8.04 Å². The van der Waals surface area contributed by atoms with Crippen LogP contribution in [0.5, 0.6) is 11.5 Å². The van der Waals surface area contributed by atoms with Gasteiger partial charge in [0.15, 0.2) is 11.5 Å². The van der Waals surface area contributed by atoms with Crippen molar-refractivity contribution in [2.45, 2.75) is 0 Å². The number of fused-ring (bicyclic) bond motifs is 1. The monoisotopic (exact) mass is 512 g/mol. The summed E-state index contributed by atoms with van der Waals surface area (Å²) in [7, 11) is 0. The Kier molecular flexibility index (Phi) is 4.16. The average molecular weight is 513 g/mol. The number of carbonyl (C=O) groups is 2. The van der Waals surface area contributed by atoms with Gasteiger partial charge in [-0.1, -0.05) is 15.9 Å². The van der Waals surface area contributed by atoms with Gasteiger partial charge in [0.2, 0.25) is 6.79 Å². The van der Waals surface area contributed by atoms with E-state index in [0.29, 0.717) is 27.2 Å². The molecule has 0 bridgehead atoms. The van der Waals surface area contributed by atoms with Crippen molar-refractivity contribution in [3.8, 4) is 11.5 Å². The van der Waals surface area contributed by atoms with Crippen molar-refractivity contribution in [2.75, 3.05) is 11.8 Å². The fourth-order valence-electron chi connectivity index (χ4n) is 2.53. The van der Waals surface area contributed by atoms with E-state index >= 15 is 0 Å². The standard InChI is InChI=1S/C17H10BrIN2O4/c18-13-7-15-14(24-8-25-15)6-9(13)5-12-16(22)20-21(17(12)23)11-3-1-10(19)2-4-11/h1-7H,8H2,(H,20,22)/b12-5-. The molecule has 0 radical (unpaired) electrons. The minimum Gasteiger partial charge on any atom is -0.454 e. The number of anilines is 1. The maximum atomic E-state index is 12.7. The molecule has 6 nitrogen and oxygen atoms in total. The van der Waals surface area contributed by atoms with Crippen LogP contribution in [-0.4, -0.2) is 18.6 Å². The molecule has 2 aliphatic heterocycles. The Bertz CT molecular complexity index is 927. The number of hydrogen-bond acceptors (Lipinski definition) is 4. The molecule has 25 heavy (non-hydrogen) atoms. The fraction of sp³-hybridized carbons (Fsp3) is 0.0588.